The quantitative estimate of drug-likeness (QED) is 0.509. The Morgan fingerprint density at radius 1 is 0.538 bits per heavy atom. The lowest BCUT2D eigenvalue weighted by atomic mass is 10.1. The van der Waals surface area contributed by atoms with Crippen molar-refractivity contribution in [2.75, 3.05) is 10.6 Å². The minimum absolute atomic E-state index is 0.229. The summed E-state index contributed by atoms with van der Waals surface area (Å²) in [7, 11) is 0. The van der Waals surface area contributed by atoms with E-state index in [-0.39, 0.29) is 11.8 Å². The van der Waals surface area contributed by atoms with Crippen molar-refractivity contribution in [3.63, 3.8) is 0 Å². The van der Waals surface area contributed by atoms with Gasteiger partial charge in [-0.15, -0.1) is 0 Å². The van der Waals surface area contributed by atoms with Gasteiger partial charge in [-0.05, 0) is 72.8 Å². The van der Waals surface area contributed by atoms with E-state index in [0.717, 1.165) is 8.95 Å². The van der Waals surface area contributed by atoms with Crippen molar-refractivity contribution in [1.82, 2.24) is 0 Å². The van der Waals surface area contributed by atoms with Crippen LogP contribution >= 0.6 is 31.9 Å². The van der Waals surface area contributed by atoms with Crippen LogP contribution in [0.1, 0.15) is 20.7 Å². The number of hydrogen-bond acceptors (Lipinski definition) is 2. The zero-order chi connectivity index (χ0) is 18.5. The Balaban J connectivity index is 1.65. The lowest BCUT2D eigenvalue weighted by molar-refractivity contribution is 0.101. The van der Waals surface area contributed by atoms with Crippen molar-refractivity contribution in [2.24, 2.45) is 0 Å². The number of rotatable bonds is 4. The molecule has 0 aliphatic carbocycles. The van der Waals surface area contributed by atoms with E-state index in [0.29, 0.717) is 22.5 Å². The minimum atomic E-state index is -0.229. The molecule has 0 atom stereocenters. The summed E-state index contributed by atoms with van der Waals surface area (Å²) in [5, 5.41) is 5.63. The molecule has 6 heteroatoms. The summed E-state index contributed by atoms with van der Waals surface area (Å²) < 4.78 is 1.88. The fourth-order valence-electron chi connectivity index (χ4n) is 2.25. The van der Waals surface area contributed by atoms with Gasteiger partial charge in [-0.2, -0.15) is 0 Å². The molecule has 0 aliphatic rings. The Morgan fingerprint density at radius 2 is 0.846 bits per heavy atom. The van der Waals surface area contributed by atoms with Gasteiger partial charge in [0, 0.05) is 31.4 Å². The van der Waals surface area contributed by atoms with Gasteiger partial charge >= 0.3 is 0 Å². The lowest BCUT2D eigenvalue weighted by Gasteiger charge is -2.08. The molecule has 0 fully saturated rings. The summed E-state index contributed by atoms with van der Waals surface area (Å²) in [4.78, 5) is 24.6. The second kappa shape index (κ2) is 8.29. The Morgan fingerprint density at radius 3 is 1.15 bits per heavy atom. The van der Waals surface area contributed by atoms with Crippen molar-refractivity contribution >= 4 is 55.0 Å². The van der Waals surface area contributed by atoms with Crippen LogP contribution in [0.25, 0.3) is 0 Å². The van der Waals surface area contributed by atoms with Gasteiger partial charge in [0.15, 0.2) is 0 Å². The van der Waals surface area contributed by atoms with Gasteiger partial charge in [-0.25, -0.2) is 0 Å². The first-order valence-corrected chi connectivity index (χ1v) is 9.34. The molecule has 26 heavy (non-hydrogen) atoms. The average molecular weight is 474 g/mol. The van der Waals surface area contributed by atoms with E-state index in [1.807, 2.05) is 48.5 Å². The van der Waals surface area contributed by atoms with Gasteiger partial charge in [0.05, 0.1) is 0 Å². The van der Waals surface area contributed by atoms with Crippen LogP contribution in [0.15, 0.2) is 81.7 Å². The Bertz CT molecular complexity index is 843. The molecule has 3 aromatic carbocycles. The maximum atomic E-state index is 12.3. The lowest BCUT2D eigenvalue weighted by Crippen LogP contribution is -2.14. The van der Waals surface area contributed by atoms with Crippen LogP contribution in [0.5, 0.6) is 0 Å². The van der Waals surface area contributed by atoms with E-state index in [9.17, 15) is 9.59 Å². The second-order valence-electron chi connectivity index (χ2n) is 5.50. The first-order chi connectivity index (χ1) is 12.5. The standard InChI is InChI=1S/C20H14Br2N2O2/c21-15-5-9-17(10-6-15)23-19(25)13-1-2-14(4-3-13)20(26)24-18-11-7-16(22)8-12-18/h1-12H,(H,23,25)(H,24,26). The summed E-state index contributed by atoms with van der Waals surface area (Å²) >= 11 is 6.70. The zero-order valence-electron chi connectivity index (χ0n) is 13.5. The highest BCUT2D eigenvalue weighted by Crippen LogP contribution is 2.17. The maximum absolute atomic E-state index is 12.3. The average Bonchev–Trinajstić information content (AvgIpc) is 2.65. The Hall–Kier alpha value is -2.44. The van der Waals surface area contributed by atoms with Crippen LogP contribution in [0.3, 0.4) is 0 Å². The van der Waals surface area contributed by atoms with E-state index in [2.05, 4.69) is 42.5 Å². The third-order valence-electron chi connectivity index (χ3n) is 3.61. The zero-order valence-corrected chi connectivity index (χ0v) is 16.7. The first kappa shape index (κ1) is 18.4. The Labute approximate surface area is 167 Å². The molecular formula is C20H14Br2N2O2. The molecule has 0 aliphatic heterocycles. The number of nitrogens with one attached hydrogen (secondary N) is 2. The number of hydrogen-bond donors (Lipinski definition) is 2. The van der Waals surface area contributed by atoms with Crippen LogP contribution in [0, 0.1) is 0 Å². The topological polar surface area (TPSA) is 58.2 Å². The monoisotopic (exact) mass is 472 g/mol. The number of amides is 2. The van der Waals surface area contributed by atoms with E-state index in [4.69, 9.17) is 0 Å². The highest BCUT2D eigenvalue weighted by molar-refractivity contribution is 9.10. The second-order valence-corrected chi connectivity index (χ2v) is 7.33. The van der Waals surface area contributed by atoms with E-state index in [1.54, 1.807) is 24.3 Å². The third kappa shape index (κ3) is 4.80. The van der Waals surface area contributed by atoms with Crippen LogP contribution in [0.4, 0.5) is 11.4 Å². The van der Waals surface area contributed by atoms with Crippen molar-refractivity contribution in [1.29, 1.82) is 0 Å². The normalized spacial score (nSPS) is 10.2. The molecule has 0 aromatic heterocycles. The maximum Gasteiger partial charge on any atom is 0.255 e. The number of benzene rings is 3. The molecule has 0 spiro atoms. The number of carbonyl (C=O) groups excluding carboxylic acids is 2. The molecule has 0 unspecified atom stereocenters. The molecule has 130 valence electrons. The molecule has 0 saturated heterocycles. The number of anilines is 2. The molecule has 2 amide bonds. The van der Waals surface area contributed by atoms with E-state index >= 15 is 0 Å². The highest BCUT2D eigenvalue weighted by atomic mass is 79.9. The van der Waals surface area contributed by atoms with Gasteiger partial charge in [0.2, 0.25) is 0 Å². The van der Waals surface area contributed by atoms with Gasteiger partial charge < -0.3 is 10.6 Å². The fourth-order valence-corrected chi connectivity index (χ4v) is 2.77. The highest BCUT2D eigenvalue weighted by Gasteiger charge is 2.10. The smallest absolute Gasteiger partial charge is 0.255 e. The molecule has 4 nitrogen and oxygen atoms in total. The van der Waals surface area contributed by atoms with Crippen molar-refractivity contribution < 1.29 is 9.59 Å². The molecule has 0 saturated carbocycles. The van der Waals surface area contributed by atoms with Crippen molar-refractivity contribution in [3.8, 4) is 0 Å². The van der Waals surface area contributed by atoms with Crippen LogP contribution in [-0.4, -0.2) is 11.8 Å². The summed E-state index contributed by atoms with van der Waals surface area (Å²) in [6, 6.07) is 21.2. The molecule has 0 bridgehead atoms. The number of carbonyl (C=O) groups is 2. The van der Waals surface area contributed by atoms with Crippen molar-refractivity contribution in [3.05, 3.63) is 92.9 Å². The molecule has 0 radical (unpaired) electrons. The van der Waals surface area contributed by atoms with Crippen molar-refractivity contribution in [2.45, 2.75) is 0 Å². The molecule has 3 rings (SSSR count). The van der Waals surface area contributed by atoms with E-state index in [1.165, 1.54) is 0 Å². The summed E-state index contributed by atoms with van der Waals surface area (Å²) in [6.45, 7) is 0. The van der Waals surface area contributed by atoms with Gasteiger partial charge in [-0.1, -0.05) is 31.9 Å². The Kier molecular flexibility index (Phi) is 5.85. The third-order valence-corrected chi connectivity index (χ3v) is 4.67. The predicted octanol–water partition coefficient (Wildman–Crippen LogP) is 5.72. The summed E-state index contributed by atoms with van der Waals surface area (Å²) in [6.07, 6.45) is 0. The van der Waals surface area contributed by atoms with Crippen LogP contribution < -0.4 is 10.6 Å². The van der Waals surface area contributed by atoms with Crippen LogP contribution in [-0.2, 0) is 0 Å². The van der Waals surface area contributed by atoms with Gasteiger partial charge in [0.1, 0.15) is 0 Å². The molecule has 3 aromatic rings. The fraction of sp³-hybridized carbons (Fsp3) is 0. The van der Waals surface area contributed by atoms with Crippen LogP contribution in [0.2, 0.25) is 0 Å². The predicted molar refractivity (Wildman–Crippen MR) is 111 cm³/mol. The minimum Gasteiger partial charge on any atom is -0.322 e. The van der Waals surface area contributed by atoms with E-state index < -0.39 is 0 Å². The van der Waals surface area contributed by atoms with Gasteiger partial charge in [0.25, 0.3) is 11.8 Å². The summed E-state index contributed by atoms with van der Waals surface area (Å²) in [5.74, 6) is -0.459. The SMILES string of the molecule is O=C(Nc1ccc(Br)cc1)c1ccc(C(=O)Nc2ccc(Br)cc2)cc1. The molecule has 0 heterocycles. The number of halogens is 2. The molecule has 2 N–H and O–H groups in total. The molecular weight excluding hydrogens is 460 g/mol. The van der Waals surface area contributed by atoms with Gasteiger partial charge in [-0.3, -0.25) is 9.59 Å². The first-order valence-electron chi connectivity index (χ1n) is 7.75. The summed E-state index contributed by atoms with van der Waals surface area (Å²) in [5.41, 5.74) is 2.37. The largest absolute Gasteiger partial charge is 0.322 e.